The molecule has 0 amide bonds. The van der Waals surface area contributed by atoms with Gasteiger partial charge in [0.2, 0.25) is 0 Å². The van der Waals surface area contributed by atoms with Crippen LogP contribution in [0.5, 0.6) is 0 Å². The highest BCUT2D eigenvalue weighted by atomic mass is 32.1. The van der Waals surface area contributed by atoms with Gasteiger partial charge in [-0.25, -0.2) is 4.98 Å². The normalized spacial score (nSPS) is 19.2. The average molecular weight is 266 g/mol. The molecule has 1 atom stereocenters. The molecule has 0 aromatic carbocycles. The van der Waals surface area contributed by atoms with E-state index in [1.807, 2.05) is 11.3 Å². The number of aryl methyl sites for hydroxylation is 2. The maximum Gasteiger partial charge on any atom is 0.113 e. The molecule has 1 fully saturated rings. The summed E-state index contributed by atoms with van der Waals surface area (Å²) in [6, 6.07) is 0.503. The summed E-state index contributed by atoms with van der Waals surface area (Å²) in [7, 11) is 0. The zero-order chi connectivity index (χ0) is 13.3. The second-order valence-electron chi connectivity index (χ2n) is 6.15. The molecule has 0 aliphatic heterocycles. The van der Waals surface area contributed by atoms with Crippen LogP contribution in [-0.2, 0) is 12.0 Å². The van der Waals surface area contributed by atoms with Gasteiger partial charge in [-0.2, -0.15) is 0 Å². The van der Waals surface area contributed by atoms with E-state index in [1.165, 1.54) is 34.8 Å². The van der Waals surface area contributed by atoms with Crippen molar-refractivity contribution in [3.8, 4) is 0 Å². The molecule has 0 saturated heterocycles. The number of aromatic nitrogens is 1. The molecule has 1 N–H and O–H groups in total. The van der Waals surface area contributed by atoms with E-state index in [0.29, 0.717) is 6.04 Å². The monoisotopic (exact) mass is 266 g/mol. The van der Waals surface area contributed by atoms with Crippen molar-refractivity contribution < 1.29 is 0 Å². The van der Waals surface area contributed by atoms with Gasteiger partial charge in [0.1, 0.15) is 5.01 Å². The molecule has 1 heterocycles. The lowest BCUT2D eigenvalue weighted by molar-refractivity contribution is 0.295. The first-order valence-electron chi connectivity index (χ1n) is 7.19. The molecule has 1 aromatic heterocycles. The van der Waals surface area contributed by atoms with Crippen LogP contribution in [0.15, 0.2) is 0 Å². The molecule has 1 aliphatic rings. The number of hydrogen-bond donors (Lipinski definition) is 1. The minimum Gasteiger partial charge on any atom is -0.303 e. The Kier molecular flexibility index (Phi) is 4.12. The van der Waals surface area contributed by atoms with Gasteiger partial charge >= 0.3 is 0 Å². The van der Waals surface area contributed by atoms with Crippen molar-refractivity contribution in [2.45, 2.75) is 71.9 Å². The molecule has 3 heteroatoms. The summed E-state index contributed by atoms with van der Waals surface area (Å²) < 4.78 is 0. The van der Waals surface area contributed by atoms with Crippen LogP contribution in [0, 0.1) is 12.8 Å². The Morgan fingerprint density at radius 3 is 2.56 bits per heavy atom. The molecule has 1 unspecified atom stereocenters. The van der Waals surface area contributed by atoms with Gasteiger partial charge in [0.25, 0.3) is 0 Å². The summed E-state index contributed by atoms with van der Waals surface area (Å²) in [6.07, 6.45) is 5.09. The van der Waals surface area contributed by atoms with Crippen LogP contribution in [0.1, 0.15) is 62.5 Å². The largest absolute Gasteiger partial charge is 0.303 e. The van der Waals surface area contributed by atoms with E-state index in [0.717, 1.165) is 12.3 Å². The SMILES string of the molecule is CCc1nc(C(C)(CC2CC2)NC(C)C)sc1C. The lowest BCUT2D eigenvalue weighted by Gasteiger charge is -2.31. The summed E-state index contributed by atoms with van der Waals surface area (Å²) in [5.41, 5.74) is 1.35. The van der Waals surface area contributed by atoms with Crippen molar-refractivity contribution in [3.05, 3.63) is 15.6 Å². The molecular formula is C15H26N2S. The Morgan fingerprint density at radius 2 is 2.11 bits per heavy atom. The maximum atomic E-state index is 4.89. The van der Waals surface area contributed by atoms with Crippen molar-refractivity contribution >= 4 is 11.3 Å². The fourth-order valence-corrected chi connectivity index (χ4v) is 3.86. The second-order valence-corrected chi connectivity index (χ2v) is 7.36. The van der Waals surface area contributed by atoms with Crippen LogP contribution in [-0.4, -0.2) is 11.0 Å². The lowest BCUT2D eigenvalue weighted by atomic mass is 9.94. The Hall–Kier alpha value is -0.410. The van der Waals surface area contributed by atoms with Crippen LogP contribution >= 0.6 is 11.3 Å². The molecule has 0 bridgehead atoms. The van der Waals surface area contributed by atoms with Crippen LogP contribution in [0.4, 0.5) is 0 Å². The number of nitrogens with one attached hydrogen (secondary N) is 1. The van der Waals surface area contributed by atoms with Crippen molar-refractivity contribution in [1.29, 1.82) is 0 Å². The summed E-state index contributed by atoms with van der Waals surface area (Å²) in [5.74, 6) is 0.913. The third kappa shape index (κ3) is 3.12. The minimum atomic E-state index is 0.0676. The Morgan fingerprint density at radius 1 is 1.44 bits per heavy atom. The molecule has 1 saturated carbocycles. The first-order valence-corrected chi connectivity index (χ1v) is 8.00. The zero-order valence-corrected chi connectivity index (χ0v) is 13.2. The average Bonchev–Trinajstić information content (AvgIpc) is 2.97. The van der Waals surface area contributed by atoms with Gasteiger partial charge in [0.15, 0.2) is 0 Å². The highest BCUT2D eigenvalue weighted by Crippen LogP contribution is 2.42. The fraction of sp³-hybridized carbons (Fsp3) is 0.800. The lowest BCUT2D eigenvalue weighted by Crippen LogP contribution is -2.44. The van der Waals surface area contributed by atoms with Crippen LogP contribution in [0.3, 0.4) is 0 Å². The highest BCUT2D eigenvalue weighted by molar-refractivity contribution is 7.11. The topological polar surface area (TPSA) is 24.9 Å². The standard InChI is InChI=1S/C15H26N2S/c1-6-13-11(4)18-14(16-13)15(5,17-10(2)3)9-12-7-8-12/h10,12,17H,6-9H2,1-5H3. The highest BCUT2D eigenvalue weighted by Gasteiger charge is 2.37. The predicted molar refractivity (Wildman–Crippen MR) is 79.2 cm³/mol. The van der Waals surface area contributed by atoms with E-state index in [1.54, 1.807) is 0 Å². The van der Waals surface area contributed by atoms with E-state index >= 15 is 0 Å². The molecule has 0 radical (unpaired) electrons. The third-order valence-corrected chi connectivity index (χ3v) is 4.98. The van der Waals surface area contributed by atoms with E-state index in [4.69, 9.17) is 4.98 Å². The molecule has 102 valence electrons. The molecule has 1 aromatic rings. The van der Waals surface area contributed by atoms with E-state index in [-0.39, 0.29) is 5.54 Å². The van der Waals surface area contributed by atoms with Crippen LogP contribution < -0.4 is 5.32 Å². The predicted octanol–water partition coefficient (Wildman–Crippen LogP) is 4.03. The van der Waals surface area contributed by atoms with Gasteiger partial charge in [-0.15, -0.1) is 11.3 Å². The van der Waals surface area contributed by atoms with Gasteiger partial charge in [-0.3, -0.25) is 0 Å². The Labute approximate surface area is 115 Å². The molecule has 0 spiro atoms. The number of hydrogen-bond acceptors (Lipinski definition) is 3. The molecule has 1 aliphatic carbocycles. The quantitative estimate of drug-likeness (QED) is 0.841. The maximum absolute atomic E-state index is 4.89. The van der Waals surface area contributed by atoms with E-state index in [9.17, 15) is 0 Å². The molecular weight excluding hydrogens is 240 g/mol. The zero-order valence-electron chi connectivity index (χ0n) is 12.3. The van der Waals surface area contributed by atoms with Gasteiger partial charge in [-0.05, 0) is 46.5 Å². The van der Waals surface area contributed by atoms with Gasteiger partial charge in [0, 0.05) is 10.9 Å². The number of nitrogens with zero attached hydrogens (tertiary/aromatic N) is 1. The van der Waals surface area contributed by atoms with Gasteiger partial charge in [0.05, 0.1) is 11.2 Å². The van der Waals surface area contributed by atoms with Crippen molar-refractivity contribution in [1.82, 2.24) is 10.3 Å². The van der Waals surface area contributed by atoms with Crippen molar-refractivity contribution in [2.24, 2.45) is 5.92 Å². The first-order chi connectivity index (χ1) is 8.44. The Balaban J connectivity index is 2.25. The first kappa shape index (κ1) is 14.0. The molecule has 2 rings (SSSR count). The fourth-order valence-electron chi connectivity index (χ4n) is 2.74. The second kappa shape index (κ2) is 5.30. The number of rotatable bonds is 6. The van der Waals surface area contributed by atoms with Gasteiger partial charge < -0.3 is 5.32 Å². The molecule has 2 nitrogen and oxygen atoms in total. The van der Waals surface area contributed by atoms with Crippen molar-refractivity contribution in [3.63, 3.8) is 0 Å². The summed E-state index contributed by atoms with van der Waals surface area (Å²) in [6.45, 7) is 11.2. The van der Waals surface area contributed by atoms with E-state index in [2.05, 4.69) is 39.9 Å². The van der Waals surface area contributed by atoms with Crippen LogP contribution in [0.25, 0.3) is 0 Å². The van der Waals surface area contributed by atoms with E-state index < -0.39 is 0 Å². The Bertz CT molecular complexity index is 401. The summed E-state index contributed by atoms with van der Waals surface area (Å²) in [5, 5.41) is 5.05. The smallest absolute Gasteiger partial charge is 0.113 e. The summed E-state index contributed by atoms with van der Waals surface area (Å²) in [4.78, 5) is 6.28. The summed E-state index contributed by atoms with van der Waals surface area (Å²) >= 11 is 1.88. The number of thiazole rings is 1. The minimum absolute atomic E-state index is 0.0676. The molecule has 18 heavy (non-hydrogen) atoms. The van der Waals surface area contributed by atoms with Crippen molar-refractivity contribution in [2.75, 3.05) is 0 Å². The van der Waals surface area contributed by atoms with Gasteiger partial charge in [-0.1, -0.05) is 19.8 Å². The van der Waals surface area contributed by atoms with Crippen LogP contribution in [0.2, 0.25) is 0 Å². The third-order valence-electron chi connectivity index (χ3n) is 3.70.